The first-order valence-corrected chi connectivity index (χ1v) is 4.49. The highest BCUT2D eigenvalue weighted by molar-refractivity contribution is 5.15. The molecular weight excluding hydrogens is 136 g/mol. The van der Waals surface area contributed by atoms with Crippen molar-refractivity contribution in [3.8, 4) is 0 Å². The average molecular weight is 154 g/mol. The second kappa shape index (κ2) is 1.66. The molecule has 0 unspecified atom stereocenters. The smallest absolute Gasteiger partial charge is 0.0555 e. The van der Waals surface area contributed by atoms with Crippen molar-refractivity contribution in [2.75, 3.05) is 13.2 Å². The fourth-order valence-corrected chi connectivity index (χ4v) is 3.34. The van der Waals surface area contributed by atoms with Crippen molar-refractivity contribution >= 4 is 0 Å². The van der Waals surface area contributed by atoms with Crippen LogP contribution in [0.5, 0.6) is 0 Å². The molecule has 1 saturated heterocycles. The van der Waals surface area contributed by atoms with Gasteiger partial charge >= 0.3 is 0 Å². The molecule has 0 aromatic rings. The van der Waals surface area contributed by atoms with Crippen molar-refractivity contribution in [2.24, 2.45) is 16.2 Å². The number of ether oxygens (including phenoxy) is 1. The molecule has 1 aliphatic carbocycles. The SMILES string of the molecule is CC1(C)CC(C)(C)C12COC2. The highest BCUT2D eigenvalue weighted by Crippen LogP contribution is 2.70. The van der Waals surface area contributed by atoms with E-state index in [0.717, 1.165) is 13.2 Å². The van der Waals surface area contributed by atoms with E-state index in [-0.39, 0.29) is 0 Å². The molecule has 1 aliphatic heterocycles. The van der Waals surface area contributed by atoms with Crippen LogP contribution < -0.4 is 0 Å². The van der Waals surface area contributed by atoms with Crippen molar-refractivity contribution in [2.45, 2.75) is 34.1 Å². The van der Waals surface area contributed by atoms with Gasteiger partial charge in [0.1, 0.15) is 0 Å². The van der Waals surface area contributed by atoms with Crippen LogP contribution in [0.4, 0.5) is 0 Å². The summed E-state index contributed by atoms with van der Waals surface area (Å²) in [5.74, 6) is 0. The monoisotopic (exact) mass is 154 g/mol. The van der Waals surface area contributed by atoms with E-state index in [2.05, 4.69) is 27.7 Å². The third-order valence-electron chi connectivity index (χ3n) is 4.17. The summed E-state index contributed by atoms with van der Waals surface area (Å²) >= 11 is 0. The van der Waals surface area contributed by atoms with Crippen LogP contribution in [0.25, 0.3) is 0 Å². The van der Waals surface area contributed by atoms with Gasteiger partial charge in [-0.3, -0.25) is 0 Å². The molecule has 0 aromatic carbocycles. The van der Waals surface area contributed by atoms with Crippen LogP contribution in [0, 0.1) is 16.2 Å². The Bertz CT molecular complexity index is 171. The van der Waals surface area contributed by atoms with Gasteiger partial charge in [0.25, 0.3) is 0 Å². The Kier molecular flexibility index (Phi) is 1.15. The molecule has 1 heterocycles. The van der Waals surface area contributed by atoms with Crippen molar-refractivity contribution < 1.29 is 4.74 Å². The summed E-state index contributed by atoms with van der Waals surface area (Å²) in [4.78, 5) is 0. The lowest BCUT2D eigenvalue weighted by Gasteiger charge is -2.71. The highest BCUT2D eigenvalue weighted by atomic mass is 16.5. The van der Waals surface area contributed by atoms with E-state index in [4.69, 9.17) is 4.74 Å². The summed E-state index contributed by atoms with van der Waals surface area (Å²) in [5, 5.41) is 0. The van der Waals surface area contributed by atoms with E-state index in [9.17, 15) is 0 Å². The molecule has 0 aromatic heterocycles. The van der Waals surface area contributed by atoms with E-state index in [1.54, 1.807) is 0 Å². The molecule has 1 spiro atoms. The quantitative estimate of drug-likeness (QED) is 0.521. The first-order valence-electron chi connectivity index (χ1n) is 4.49. The third kappa shape index (κ3) is 0.618. The fourth-order valence-electron chi connectivity index (χ4n) is 3.34. The molecule has 0 radical (unpaired) electrons. The first-order chi connectivity index (χ1) is 4.91. The van der Waals surface area contributed by atoms with Crippen LogP contribution in [0.3, 0.4) is 0 Å². The molecule has 0 bridgehead atoms. The van der Waals surface area contributed by atoms with Gasteiger partial charge in [0.2, 0.25) is 0 Å². The topological polar surface area (TPSA) is 9.23 Å². The summed E-state index contributed by atoms with van der Waals surface area (Å²) in [6.45, 7) is 11.5. The zero-order valence-corrected chi connectivity index (χ0v) is 8.03. The van der Waals surface area contributed by atoms with E-state index < -0.39 is 0 Å². The standard InChI is InChI=1S/C10H18O/c1-8(2)5-9(3,4)10(8)6-11-7-10/h5-7H2,1-4H3. The van der Waals surface area contributed by atoms with Gasteiger partial charge in [-0.15, -0.1) is 0 Å². The van der Waals surface area contributed by atoms with Crippen LogP contribution in [0.1, 0.15) is 34.1 Å². The lowest BCUT2D eigenvalue weighted by molar-refractivity contribution is -0.308. The minimum atomic E-state index is 0.514. The largest absolute Gasteiger partial charge is 0.380 e. The minimum Gasteiger partial charge on any atom is -0.380 e. The van der Waals surface area contributed by atoms with Crippen molar-refractivity contribution in [1.82, 2.24) is 0 Å². The normalized spacial score (nSPS) is 36.0. The van der Waals surface area contributed by atoms with Crippen LogP contribution in [-0.2, 0) is 4.74 Å². The molecule has 0 atom stereocenters. The molecule has 64 valence electrons. The Hall–Kier alpha value is -0.0400. The van der Waals surface area contributed by atoms with Crippen molar-refractivity contribution in [1.29, 1.82) is 0 Å². The number of hydrogen-bond donors (Lipinski definition) is 0. The molecule has 0 amide bonds. The average Bonchev–Trinajstić information content (AvgIpc) is 1.50. The van der Waals surface area contributed by atoms with Gasteiger partial charge in [-0.1, -0.05) is 27.7 Å². The Morgan fingerprint density at radius 2 is 1.36 bits per heavy atom. The molecule has 1 nitrogen and oxygen atoms in total. The summed E-state index contributed by atoms with van der Waals surface area (Å²) < 4.78 is 5.35. The van der Waals surface area contributed by atoms with Crippen molar-refractivity contribution in [3.05, 3.63) is 0 Å². The van der Waals surface area contributed by atoms with Gasteiger partial charge in [-0.05, 0) is 17.3 Å². The molecule has 0 N–H and O–H groups in total. The Balaban J connectivity index is 2.27. The maximum absolute atomic E-state index is 5.35. The summed E-state index contributed by atoms with van der Waals surface area (Å²) in [5.41, 5.74) is 1.56. The highest BCUT2D eigenvalue weighted by Gasteiger charge is 2.68. The van der Waals surface area contributed by atoms with Gasteiger partial charge in [0.05, 0.1) is 13.2 Å². The predicted molar refractivity (Wildman–Crippen MR) is 45.4 cm³/mol. The summed E-state index contributed by atoms with van der Waals surface area (Å²) in [6, 6.07) is 0. The van der Waals surface area contributed by atoms with Crippen LogP contribution >= 0.6 is 0 Å². The maximum atomic E-state index is 5.35. The molecule has 11 heavy (non-hydrogen) atoms. The second-order valence-electron chi connectivity index (χ2n) is 5.52. The second-order valence-corrected chi connectivity index (χ2v) is 5.52. The lowest BCUT2D eigenvalue weighted by Crippen LogP contribution is -2.70. The van der Waals surface area contributed by atoms with Crippen LogP contribution in [-0.4, -0.2) is 13.2 Å². The van der Waals surface area contributed by atoms with Gasteiger partial charge in [-0.25, -0.2) is 0 Å². The van der Waals surface area contributed by atoms with Gasteiger partial charge in [-0.2, -0.15) is 0 Å². The minimum absolute atomic E-state index is 0.514. The van der Waals surface area contributed by atoms with E-state index in [0.29, 0.717) is 16.2 Å². The van der Waals surface area contributed by atoms with Crippen LogP contribution in [0.15, 0.2) is 0 Å². The molecule has 1 saturated carbocycles. The zero-order valence-electron chi connectivity index (χ0n) is 8.03. The molecule has 2 rings (SSSR count). The van der Waals surface area contributed by atoms with E-state index >= 15 is 0 Å². The summed E-state index contributed by atoms with van der Waals surface area (Å²) in [7, 11) is 0. The molecular formula is C10H18O. The van der Waals surface area contributed by atoms with E-state index in [1.807, 2.05) is 0 Å². The number of hydrogen-bond acceptors (Lipinski definition) is 1. The van der Waals surface area contributed by atoms with Crippen LogP contribution in [0.2, 0.25) is 0 Å². The Labute approximate surface area is 69.1 Å². The number of rotatable bonds is 0. The molecule has 1 heteroatoms. The Morgan fingerprint density at radius 1 is 0.909 bits per heavy atom. The fraction of sp³-hybridized carbons (Fsp3) is 1.00. The van der Waals surface area contributed by atoms with Crippen molar-refractivity contribution in [3.63, 3.8) is 0 Å². The van der Waals surface area contributed by atoms with E-state index in [1.165, 1.54) is 6.42 Å². The third-order valence-corrected chi connectivity index (χ3v) is 4.17. The zero-order chi connectivity index (χ0) is 8.33. The van der Waals surface area contributed by atoms with Gasteiger partial charge < -0.3 is 4.74 Å². The van der Waals surface area contributed by atoms with Gasteiger partial charge in [0, 0.05) is 5.41 Å². The first kappa shape index (κ1) is 7.60. The molecule has 2 aliphatic rings. The Morgan fingerprint density at radius 3 is 1.45 bits per heavy atom. The summed E-state index contributed by atoms with van der Waals surface area (Å²) in [6.07, 6.45) is 1.35. The predicted octanol–water partition coefficient (Wildman–Crippen LogP) is 2.46. The lowest BCUT2D eigenvalue weighted by atomic mass is 9.37. The molecule has 2 fully saturated rings. The van der Waals surface area contributed by atoms with Gasteiger partial charge in [0.15, 0.2) is 0 Å². The maximum Gasteiger partial charge on any atom is 0.0555 e.